The zero-order chi connectivity index (χ0) is 21.8. The van der Waals surface area contributed by atoms with Gasteiger partial charge in [0.15, 0.2) is 0 Å². The summed E-state index contributed by atoms with van der Waals surface area (Å²) in [6.45, 7) is 5.73. The van der Waals surface area contributed by atoms with E-state index >= 15 is 0 Å². The van der Waals surface area contributed by atoms with Crippen LogP contribution in [0, 0.1) is 5.92 Å². The van der Waals surface area contributed by atoms with Crippen molar-refractivity contribution >= 4 is 29.0 Å². The standard InChI is InChI=1S/C25H32N4O2.ClH/c1-4-5-14-28(2)19-10-11-22-21(15-19)25(30)29(17-18-12-13-26-16-18)24(27-22)20-8-6-7-9-23(20)31-3;/h6-11,15,18,26H,4-5,12-14,16-17H2,1-3H3;1H. The Morgan fingerprint density at radius 2 is 2.06 bits per heavy atom. The molecule has 2 aromatic carbocycles. The van der Waals surface area contributed by atoms with Crippen LogP contribution in [0.2, 0.25) is 0 Å². The molecule has 4 rings (SSSR count). The van der Waals surface area contributed by atoms with Crippen LogP contribution in [-0.4, -0.2) is 43.3 Å². The summed E-state index contributed by atoms with van der Waals surface area (Å²) in [6, 6.07) is 13.8. The number of aromatic nitrogens is 2. The minimum absolute atomic E-state index is 0. The van der Waals surface area contributed by atoms with Gasteiger partial charge in [0.25, 0.3) is 5.56 Å². The molecule has 32 heavy (non-hydrogen) atoms. The Kier molecular flexibility index (Phi) is 8.15. The SMILES string of the molecule is CCCCN(C)c1ccc2nc(-c3ccccc3OC)n(CC3CCNC3)c(=O)c2c1.Cl. The molecule has 6 nitrogen and oxygen atoms in total. The number of ether oxygens (including phenoxy) is 1. The number of para-hydroxylation sites is 1. The van der Waals surface area contributed by atoms with Crippen LogP contribution in [0.5, 0.6) is 5.75 Å². The van der Waals surface area contributed by atoms with Crippen LogP contribution in [-0.2, 0) is 6.54 Å². The van der Waals surface area contributed by atoms with Crippen LogP contribution in [0.15, 0.2) is 47.3 Å². The van der Waals surface area contributed by atoms with E-state index in [0.29, 0.717) is 23.7 Å². The molecule has 0 aliphatic carbocycles. The Labute approximate surface area is 196 Å². The maximum atomic E-state index is 13.7. The Morgan fingerprint density at radius 3 is 2.78 bits per heavy atom. The lowest BCUT2D eigenvalue weighted by Gasteiger charge is -2.21. The Morgan fingerprint density at radius 1 is 1.25 bits per heavy atom. The topological polar surface area (TPSA) is 59.4 Å². The molecule has 2 heterocycles. The minimum Gasteiger partial charge on any atom is -0.496 e. The molecule has 3 aromatic rings. The van der Waals surface area contributed by atoms with Gasteiger partial charge in [0, 0.05) is 25.8 Å². The molecule has 1 N–H and O–H groups in total. The lowest BCUT2D eigenvalue weighted by atomic mass is 10.1. The number of halogens is 1. The summed E-state index contributed by atoms with van der Waals surface area (Å²) in [5.74, 6) is 1.82. The van der Waals surface area contributed by atoms with Crippen LogP contribution >= 0.6 is 12.4 Å². The molecule has 0 saturated carbocycles. The third-order valence-electron chi connectivity index (χ3n) is 6.18. The van der Waals surface area contributed by atoms with E-state index in [9.17, 15) is 4.79 Å². The quantitative estimate of drug-likeness (QED) is 0.546. The molecule has 172 valence electrons. The third-order valence-corrected chi connectivity index (χ3v) is 6.18. The largest absolute Gasteiger partial charge is 0.496 e. The lowest BCUT2D eigenvalue weighted by molar-refractivity contribution is 0.415. The molecule has 0 spiro atoms. The molecule has 0 amide bonds. The van der Waals surface area contributed by atoms with Gasteiger partial charge in [-0.1, -0.05) is 25.5 Å². The molecule has 1 aliphatic heterocycles. The van der Waals surface area contributed by atoms with Crippen molar-refractivity contribution in [3.8, 4) is 17.1 Å². The number of rotatable bonds is 8. The van der Waals surface area contributed by atoms with Gasteiger partial charge < -0.3 is 15.0 Å². The summed E-state index contributed by atoms with van der Waals surface area (Å²) in [5.41, 5.74) is 2.64. The van der Waals surface area contributed by atoms with Gasteiger partial charge in [0.2, 0.25) is 0 Å². The Balaban J connectivity index is 0.00000289. The molecule has 0 bridgehead atoms. The van der Waals surface area contributed by atoms with Gasteiger partial charge in [-0.25, -0.2) is 4.98 Å². The molecular formula is C25H33ClN4O2. The van der Waals surface area contributed by atoms with Crippen molar-refractivity contribution in [1.29, 1.82) is 0 Å². The molecule has 1 aromatic heterocycles. The van der Waals surface area contributed by atoms with Crippen molar-refractivity contribution in [1.82, 2.24) is 14.9 Å². The summed E-state index contributed by atoms with van der Waals surface area (Å²) in [4.78, 5) is 20.9. The van der Waals surface area contributed by atoms with E-state index < -0.39 is 0 Å². The maximum Gasteiger partial charge on any atom is 0.261 e. The summed E-state index contributed by atoms with van der Waals surface area (Å²) in [6.07, 6.45) is 3.33. The average Bonchev–Trinajstić information content (AvgIpc) is 3.32. The molecule has 1 unspecified atom stereocenters. The first-order valence-electron chi connectivity index (χ1n) is 11.2. The molecule has 1 aliphatic rings. The zero-order valence-corrected chi connectivity index (χ0v) is 20.0. The highest BCUT2D eigenvalue weighted by atomic mass is 35.5. The van der Waals surface area contributed by atoms with Crippen LogP contribution in [0.1, 0.15) is 26.2 Å². The van der Waals surface area contributed by atoms with Crippen molar-refractivity contribution < 1.29 is 4.74 Å². The highest BCUT2D eigenvalue weighted by Crippen LogP contribution is 2.30. The first-order valence-corrected chi connectivity index (χ1v) is 11.2. The van der Waals surface area contributed by atoms with Crippen LogP contribution < -0.4 is 20.5 Å². The molecule has 0 radical (unpaired) electrons. The number of benzene rings is 2. The van der Waals surface area contributed by atoms with E-state index in [1.807, 2.05) is 41.0 Å². The van der Waals surface area contributed by atoms with Crippen molar-refractivity contribution in [2.45, 2.75) is 32.7 Å². The number of methoxy groups -OCH3 is 1. The van der Waals surface area contributed by atoms with E-state index in [1.54, 1.807) is 7.11 Å². The normalized spacial score (nSPS) is 15.5. The molecule has 1 fully saturated rings. The van der Waals surface area contributed by atoms with E-state index in [0.717, 1.165) is 61.4 Å². The highest BCUT2D eigenvalue weighted by Gasteiger charge is 2.21. The zero-order valence-electron chi connectivity index (χ0n) is 19.1. The summed E-state index contributed by atoms with van der Waals surface area (Å²) >= 11 is 0. The van der Waals surface area contributed by atoms with Crippen molar-refractivity contribution in [2.75, 3.05) is 38.7 Å². The number of unbranched alkanes of at least 4 members (excludes halogenated alkanes) is 1. The maximum absolute atomic E-state index is 13.7. The predicted molar refractivity (Wildman–Crippen MR) is 134 cm³/mol. The Hall–Kier alpha value is -2.57. The number of fused-ring (bicyclic) bond motifs is 1. The number of nitrogens with zero attached hydrogens (tertiary/aromatic N) is 3. The number of anilines is 1. The summed E-state index contributed by atoms with van der Waals surface area (Å²) in [7, 11) is 3.73. The van der Waals surface area contributed by atoms with Crippen LogP contribution in [0.4, 0.5) is 5.69 Å². The lowest BCUT2D eigenvalue weighted by Crippen LogP contribution is -2.28. The second-order valence-electron chi connectivity index (χ2n) is 8.39. The van der Waals surface area contributed by atoms with Gasteiger partial charge in [-0.3, -0.25) is 9.36 Å². The number of nitrogens with one attached hydrogen (secondary N) is 1. The van der Waals surface area contributed by atoms with Gasteiger partial charge >= 0.3 is 0 Å². The second kappa shape index (κ2) is 10.8. The van der Waals surface area contributed by atoms with Gasteiger partial charge in [0.1, 0.15) is 11.6 Å². The van der Waals surface area contributed by atoms with Crippen molar-refractivity contribution in [3.05, 3.63) is 52.8 Å². The molecule has 1 saturated heterocycles. The number of hydrogen-bond donors (Lipinski definition) is 1. The van der Waals surface area contributed by atoms with Crippen molar-refractivity contribution in [3.63, 3.8) is 0 Å². The van der Waals surface area contributed by atoms with Gasteiger partial charge in [-0.15, -0.1) is 12.4 Å². The summed E-state index contributed by atoms with van der Waals surface area (Å²) in [5, 5.41) is 4.08. The first-order chi connectivity index (χ1) is 15.1. The molecule has 7 heteroatoms. The van der Waals surface area contributed by atoms with Crippen LogP contribution in [0.3, 0.4) is 0 Å². The van der Waals surface area contributed by atoms with Gasteiger partial charge in [0.05, 0.1) is 23.6 Å². The van der Waals surface area contributed by atoms with Crippen LogP contribution in [0.25, 0.3) is 22.3 Å². The monoisotopic (exact) mass is 456 g/mol. The smallest absolute Gasteiger partial charge is 0.261 e. The summed E-state index contributed by atoms with van der Waals surface area (Å²) < 4.78 is 7.45. The van der Waals surface area contributed by atoms with Gasteiger partial charge in [-0.2, -0.15) is 0 Å². The fourth-order valence-electron chi connectivity index (χ4n) is 4.30. The predicted octanol–water partition coefficient (Wildman–Crippen LogP) is 4.34. The fraction of sp³-hybridized carbons (Fsp3) is 0.440. The average molecular weight is 457 g/mol. The van der Waals surface area contributed by atoms with E-state index in [-0.39, 0.29) is 18.0 Å². The fourth-order valence-corrected chi connectivity index (χ4v) is 4.30. The first kappa shape index (κ1) is 24.1. The van der Waals surface area contributed by atoms with Crippen molar-refractivity contribution in [2.24, 2.45) is 5.92 Å². The van der Waals surface area contributed by atoms with E-state index in [1.165, 1.54) is 0 Å². The Bertz CT molecular complexity index is 1110. The minimum atomic E-state index is 0. The second-order valence-corrected chi connectivity index (χ2v) is 8.39. The van der Waals surface area contributed by atoms with E-state index in [4.69, 9.17) is 9.72 Å². The third kappa shape index (κ3) is 4.92. The number of hydrogen-bond acceptors (Lipinski definition) is 5. The molecular weight excluding hydrogens is 424 g/mol. The van der Waals surface area contributed by atoms with Gasteiger partial charge in [-0.05, 0) is 62.2 Å². The highest BCUT2D eigenvalue weighted by molar-refractivity contribution is 5.85. The van der Waals surface area contributed by atoms with E-state index in [2.05, 4.69) is 30.3 Å². The molecule has 1 atom stereocenters.